The Kier molecular flexibility index (Phi) is 8.67. The van der Waals surface area contributed by atoms with E-state index in [-0.39, 0.29) is 11.8 Å². The number of amides is 2. The van der Waals surface area contributed by atoms with Crippen LogP contribution in [0.5, 0.6) is 5.75 Å². The van der Waals surface area contributed by atoms with Crippen LogP contribution in [0.2, 0.25) is 0 Å². The minimum absolute atomic E-state index is 0.202. The summed E-state index contributed by atoms with van der Waals surface area (Å²) in [6.07, 6.45) is 2.53. The van der Waals surface area contributed by atoms with Gasteiger partial charge in [0.15, 0.2) is 0 Å². The monoisotopic (exact) mass is 450 g/mol. The Morgan fingerprint density at radius 1 is 1.19 bits per heavy atom. The maximum absolute atomic E-state index is 12.7. The van der Waals surface area contributed by atoms with Gasteiger partial charge < -0.3 is 15.4 Å². The van der Waals surface area contributed by atoms with Crippen LogP contribution < -0.4 is 15.4 Å². The molecule has 0 aliphatic rings. The van der Waals surface area contributed by atoms with Crippen LogP contribution in [0, 0.1) is 0 Å². The fourth-order valence-electron chi connectivity index (χ4n) is 2.48. The largest absolute Gasteiger partial charge is 0.497 e. The molecule has 2 N–H and O–H groups in total. The normalized spacial score (nSPS) is 11.5. The number of ether oxygens (including phenoxy) is 1. The SMILES string of the molecule is COc1cccc(CNC(=O)C(CCSC)NC(=O)c2ccccc2Br)c1. The van der Waals surface area contributed by atoms with Crippen LogP contribution in [-0.2, 0) is 11.3 Å². The summed E-state index contributed by atoms with van der Waals surface area (Å²) in [5, 5.41) is 5.75. The Morgan fingerprint density at radius 3 is 2.67 bits per heavy atom. The molecule has 0 aliphatic carbocycles. The fraction of sp³-hybridized carbons (Fsp3) is 0.300. The molecule has 2 amide bonds. The molecule has 27 heavy (non-hydrogen) atoms. The highest BCUT2D eigenvalue weighted by Gasteiger charge is 2.21. The summed E-state index contributed by atoms with van der Waals surface area (Å²) in [5.74, 6) is 1.04. The van der Waals surface area contributed by atoms with Crippen molar-refractivity contribution >= 4 is 39.5 Å². The highest BCUT2D eigenvalue weighted by atomic mass is 79.9. The van der Waals surface area contributed by atoms with E-state index in [0.717, 1.165) is 17.1 Å². The Bertz CT molecular complexity index is 785. The van der Waals surface area contributed by atoms with Crippen LogP contribution in [0.25, 0.3) is 0 Å². The molecule has 0 spiro atoms. The van der Waals surface area contributed by atoms with Crippen molar-refractivity contribution < 1.29 is 14.3 Å². The average molecular weight is 451 g/mol. The number of halogens is 1. The maximum atomic E-state index is 12.7. The molecule has 2 aromatic rings. The Morgan fingerprint density at radius 2 is 1.96 bits per heavy atom. The number of nitrogens with one attached hydrogen (secondary N) is 2. The first kappa shape index (κ1) is 21.3. The van der Waals surface area contributed by atoms with Gasteiger partial charge in [0.1, 0.15) is 11.8 Å². The van der Waals surface area contributed by atoms with Crippen molar-refractivity contribution in [1.29, 1.82) is 0 Å². The molecule has 1 atom stereocenters. The first-order valence-electron chi connectivity index (χ1n) is 8.50. The predicted molar refractivity (Wildman–Crippen MR) is 113 cm³/mol. The number of benzene rings is 2. The first-order valence-corrected chi connectivity index (χ1v) is 10.7. The van der Waals surface area contributed by atoms with Gasteiger partial charge in [0.25, 0.3) is 5.91 Å². The molecule has 1 unspecified atom stereocenters. The summed E-state index contributed by atoms with van der Waals surface area (Å²) in [4.78, 5) is 25.2. The lowest BCUT2D eigenvalue weighted by Crippen LogP contribution is -2.47. The van der Waals surface area contributed by atoms with Gasteiger partial charge in [-0.2, -0.15) is 11.8 Å². The van der Waals surface area contributed by atoms with Gasteiger partial charge in [0.05, 0.1) is 12.7 Å². The number of methoxy groups -OCH3 is 1. The number of carbonyl (C=O) groups excluding carboxylic acids is 2. The topological polar surface area (TPSA) is 67.4 Å². The third kappa shape index (κ3) is 6.59. The molecular formula is C20H23BrN2O3S. The van der Waals surface area contributed by atoms with E-state index < -0.39 is 6.04 Å². The van der Waals surface area contributed by atoms with E-state index in [1.807, 2.05) is 36.6 Å². The average Bonchev–Trinajstić information content (AvgIpc) is 2.69. The first-order chi connectivity index (χ1) is 13.0. The van der Waals surface area contributed by atoms with Crippen molar-refractivity contribution in [2.24, 2.45) is 0 Å². The van der Waals surface area contributed by atoms with Crippen LogP contribution in [0.4, 0.5) is 0 Å². The minimum atomic E-state index is -0.595. The van der Waals surface area contributed by atoms with Crippen molar-refractivity contribution in [3.63, 3.8) is 0 Å². The zero-order chi connectivity index (χ0) is 19.6. The van der Waals surface area contributed by atoms with Crippen molar-refractivity contribution in [2.75, 3.05) is 19.1 Å². The molecular weight excluding hydrogens is 428 g/mol. The van der Waals surface area contributed by atoms with Gasteiger partial charge in [-0.25, -0.2) is 0 Å². The van der Waals surface area contributed by atoms with Crippen molar-refractivity contribution in [3.8, 4) is 5.75 Å². The summed E-state index contributed by atoms with van der Waals surface area (Å²) in [6.45, 7) is 0.372. The number of carbonyl (C=O) groups is 2. The van der Waals surface area contributed by atoms with Crippen LogP contribution in [0.3, 0.4) is 0 Å². The van der Waals surface area contributed by atoms with Crippen LogP contribution in [0.15, 0.2) is 53.0 Å². The van der Waals surface area contributed by atoms with Gasteiger partial charge in [-0.05, 0) is 64.2 Å². The highest BCUT2D eigenvalue weighted by molar-refractivity contribution is 9.10. The van der Waals surface area contributed by atoms with Gasteiger partial charge in [0.2, 0.25) is 5.91 Å². The number of hydrogen-bond donors (Lipinski definition) is 2. The Hall–Kier alpha value is -1.99. The van der Waals surface area contributed by atoms with Crippen molar-refractivity contribution in [2.45, 2.75) is 19.0 Å². The quantitative estimate of drug-likeness (QED) is 0.611. The smallest absolute Gasteiger partial charge is 0.253 e. The molecule has 0 saturated heterocycles. The molecule has 7 heteroatoms. The second-order valence-electron chi connectivity index (χ2n) is 5.86. The van der Waals surface area contributed by atoms with Crippen molar-refractivity contribution in [3.05, 3.63) is 64.1 Å². The van der Waals surface area contributed by atoms with Crippen LogP contribution in [-0.4, -0.2) is 37.0 Å². The van der Waals surface area contributed by atoms with E-state index in [0.29, 0.717) is 23.0 Å². The number of rotatable bonds is 9. The molecule has 0 fully saturated rings. The van der Waals surface area contributed by atoms with Crippen molar-refractivity contribution in [1.82, 2.24) is 10.6 Å². The van der Waals surface area contributed by atoms with Gasteiger partial charge >= 0.3 is 0 Å². The lowest BCUT2D eigenvalue weighted by Gasteiger charge is -2.19. The summed E-state index contributed by atoms with van der Waals surface area (Å²) in [6, 6.07) is 14.1. The van der Waals surface area contributed by atoms with E-state index in [4.69, 9.17) is 4.74 Å². The molecule has 0 saturated carbocycles. The molecule has 0 radical (unpaired) electrons. The fourth-order valence-corrected chi connectivity index (χ4v) is 3.42. The van der Waals surface area contributed by atoms with Gasteiger partial charge in [0, 0.05) is 11.0 Å². The van der Waals surface area contributed by atoms with Gasteiger partial charge in [-0.1, -0.05) is 24.3 Å². The zero-order valence-electron chi connectivity index (χ0n) is 15.3. The molecule has 0 aliphatic heterocycles. The standard InChI is InChI=1S/C20H23BrN2O3S/c1-26-15-7-5-6-14(12-15)13-22-20(25)18(10-11-27-2)23-19(24)16-8-3-4-9-17(16)21/h3-9,12,18H,10-11,13H2,1-2H3,(H,22,25)(H,23,24). The lowest BCUT2D eigenvalue weighted by atomic mass is 10.1. The third-order valence-corrected chi connectivity index (χ3v) is 5.29. The number of hydrogen-bond acceptors (Lipinski definition) is 4. The third-order valence-electron chi connectivity index (χ3n) is 3.95. The Labute approximate surface area is 172 Å². The summed E-state index contributed by atoms with van der Waals surface area (Å²) < 4.78 is 5.90. The van der Waals surface area contributed by atoms with E-state index in [2.05, 4.69) is 26.6 Å². The molecule has 2 aromatic carbocycles. The summed E-state index contributed by atoms with van der Waals surface area (Å²) >= 11 is 5.01. The molecule has 2 rings (SSSR count). The Balaban J connectivity index is 2.02. The van der Waals surface area contributed by atoms with Gasteiger partial charge in [-0.3, -0.25) is 9.59 Å². The van der Waals surface area contributed by atoms with Gasteiger partial charge in [-0.15, -0.1) is 0 Å². The summed E-state index contributed by atoms with van der Waals surface area (Å²) in [7, 11) is 1.60. The second-order valence-corrected chi connectivity index (χ2v) is 7.70. The number of thioether (sulfide) groups is 1. The predicted octanol–water partition coefficient (Wildman–Crippen LogP) is 3.63. The van der Waals surface area contributed by atoms with E-state index in [1.165, 1.54) is 0 Å². The summed E-state index contributed by atoms with van der Waals surface area (Å²) in [5.41, 5.74) is 1.44. The van der Waals surface area contributed by atoms with E-state index >= 15 is 0 Å². The second kappa shape index (κ2) is 11.0. The van der Waals surface area contributed by atoms with E-state index in [9.17, 15) is 9.59 Å². The molecule has 144 valence electrons. The lowest BCUT2D eigenvalue weighted by molar-refractivity contribution is -0.123. The minimum Gasteiger partial charge on any atom is -0.497 e. The maximum Gasteiger partial charge on any atom is 0.253 e. The molecule has 0 aromatic heterocycles. The highest BCUT2D eigenvalue weighted by Crippen LogP contribution is 2.16. The zero-order valence-corrected chi connectivity index (χ0v) is 17.7. The van der Waals surface area contributed by atoms with Crippen LogP contribution >= 0.6 is 27.7 Å². The molecule has 0 heterocycles. The molecule has 0 bridgehead atoms. The molecule has 5 nitrogen and oxygen atoms in total. The van der Waals surface area contributed by atoms with E-state index in [1.54, 1.807) is 37.1 Å². The van der Waals surface area contributed by atoms with Crippen LogP contribution in [0.1, 0.15) is 22.3 Å².